The average molecular weight is 269 g/mol. The molecule has 0 spiro atoms. The first-order valence-corrected chi connectivity index (χ1v) is 4.40. The normalized spacial score (nSPS) is 10.0. The molecule has 3 nitrogen and oxygen atoms in total. The number of aromatic amines is 1. The van der Waals surface area contributed by atoms with E-state index in [4.69, 9.17) is 6.57 Å². The summed E-state index contributed by atoms with van der Waals surface area (Å²) < 4.78 is 1.05. The van der Waals surface area contributed by atoms with E-state index in [1.807, 2.05) is 12.3 Å². The van der Waals surface area contributed by atoms with Gasteiger partial charge in [-0.1, -0.05) is 6.57 Å². The number of aromatic nitrogens is 2. The van der Waals surface area contributed by atoms with Gasteiger partial charge >= 0.3 is 0 Å². The van der Waals surface area contributed by atoms with Crippen molar-refractivity contribution in [3.63, 3.8) is 0 Å². The number of hydrogen-bond donors (Lipinski definition) is 1. The first kappa shape index (κ1) is 7.55. The molecular formula is C8H4IN3. The number of hydrogen-bond acceptors (Lipinski definition) is 1. The van der Waals surface area contributed by atoms with Crippen molar-refractivity contribution in [2.24, 2.45) is 0 Å². The summed E-state index contributed by atoms with van der Waals surface area (Å²) in [4.78, 5) is 10.5. The molecule has 1 N–H and O–H groups in total. The highest BCUT2D eigenvalue weighted by Crippen LogP contribution is 2.20. The Morgan fingerprint density at radius 3 is 3.08 bits per heavy atom. The molecule has 0 aliphatic rings. The monoisotopic (exact) mass is 269 g/mol. The van der Waals surface area contributed by atoms with Crippen LogP contribution in [0.5, 0.6) is 0 Å². The van der Waals surface area contributed by atoms with Crippen LogP contribution < -0.4 is 0 Å². The molecule has 2 aromatic heterocycles. The first-order valence-electron chi connectivity index (χ1n) is 3.32. The maximum absolute atomic E-state index is 6.79. The lowest BCUT2D eigenvalue weighted by Gasteiger charge is -1.87. The molecule has 58 valence electrons. The molecule has 2 aromatic rings. The minimum absolute atomic E-state index is 0.444. The Bertz CT molecular complexity index is 467. The molecule has 0 aliphatic carbocycles. The van der Waals surface area contributed by atoms with Crippen LogP contribution >= 0.6 is 22.6 Å². The highest BCUT2D eigenvalue weighted by atomic mass is 127. The molecule has 12 heavy (non-hydrogen) atoms. The quantitative estimate of drug-likeness (QED) is 0.579. The van der Waals surface area contributed by atoms with Crippen LogP contribution in [-0.4, -0.2) is 9.97 Å². The molecule has 0 aromatic carbocycles. The maximum atomic E-state index is 6.79. The van der Waals surface area contributed by atoms with E-state index in [0.717, 1.165) is 14.6 Å². The summed E-state index contributed by atoms with van der Waals surface area (Å²) in [6, 6.07) is 3.58. The van der Waals surface area contributed by atoms with Crippen LogP contribution in [0, 0.1) is 10.1 Å². The van der Waals surface area contributed by atoms with E-state index >= 15 is 0 Å². The maximum Gasteiger partial charge on any atom is 0.270 e. The summed E-state index contributed by atoms with van der Waals surface area (Å²) in [6.07, 6.45) is 1.88. The zero-order chi connectivity index (χ0) is 8.55. The van der Waals surface area contributed by atoms with Gasteiger partial charge in [-0.25, -0.2) is 0 Å². The summed E-state index contributed by atoms with van der Waals surface area (Å²) in [5.41, 5.74) is 1.86. The van der Waals surface area contributed by atoms with E-state index in [2.05, 4.69) is 37.4 Å². The van der Waals surface area contributed by atoms with Gasteiger partial charge in [0.1, 0.15) is 0 Å². The fourth-order valence-electron chi connectivity index (χ4n) is 1.02. The largest absolute Gasteiger partial charge is 0.361 e. The molecule has 0 saturated heterocycles. The number of pyridine rings is 1. The van der Waals surface area contributed by atoms with Crippen LogP contribution in [0.15, 0.2) is 18.3 Å². The number of nitrogens with one attached hydrogen (secondary N) is 1. The van der Waals surface area contributed by atoms with Crippen molar-refractivity contribution in [3.8, 4) is 0 Å². The summed E-state index contributed by atoms with van der Waals surface area (Å²) in [5.74, 6) is 0.444. The van der Waals surface area contributed by atoms with E-state index in [1.54, 1.807) is 6.07 Å². The smallest absolute Gasteiger partial charge is 0.270 e. The Labute approximate surface area is 82.8 Å². The third kappa shape index (κ3) is 1.06. The second-order valence-electron chi connectivity index (χ2n) is 2.31. The fraction of sp³-hybridized carbons (Fsp3) is 0. The van der Waals surface area contributed by atoms with Gasteiger partial charge in [-0.2, -0.15) is 0 Å². The van der Waals surface area contributed by atoms with Crippen LogP contribution in [-0.2, 0) is 0 Å². The number of H-pyrrole nitrogens is 1. The van der Waals surface area contributed by atoms with E-state index in [-0.39, 0.29) is 0 Å². The van der Waals surface area contributed by atoms with Gasteiger partial charge in [0, 0.05) is 6.20 Å². The molecule has 0 unspecified atom stereocenters. The van der Waals surface area contributed by atoms with Gasteiger partial charge in [-0.3, -0.25) is 0 Å². The summed E-state index contributed by atoms with van der Waals surface area (Å²) >= 11 is 2.19. The van der Waals surface area contributed by atoms with Crippen molar-refractivity contribution in [2.75, 3.05) is 0 Å². The zero-order valence-corrected chi connectivity index (χ0v) is 8.16. The van der Waals surface area contributed by atoms with Crippen molar-refractivity contribution in [2.45, 2.75) is 0 Å². The molecule has 0 amide bonds. The van der Waals surface area contributed by atoms with Crippen LogP contribution in [0.4, 0.5) is 5.82 Å². The number of rotatable bonds is 0. The average Bonchev–Trinajstić information content (AvgIpc) is 2.47. The van der Waals surface area contributed by atoms with Crippen molar-refractivity contribution in [1.82, 2.24) is 9.97 Å². The summed E-state index contributed by atoms with van der Waals surface area (Å²) in [6.45, 7) is 6.79. The Kier molecular flexibility index (Phi) is 1.73. The van der Waals surface area contributed by atoms with Crippen LogP contribution in [0.25, 0.3) is 15.9 Å². The topological polar surface area (TPSA) is 33.0 Å². The Hall–Kier alpha value is -1.09. The van der Waals surface area contributed by atoms with Gasteiger partial charge in [0.25, 0.3) is 5.82 Å². The van der Waals surface area contributed by atoms with E-state index < -0.39 is 0 Å². The fourth-order valence-corrected chi connectivity index (χ4v) is 1.59. The molecule has 0 aliphatic heterocycles. The minimum Gasteiger partial charge on any atom is -0.361 e. The SMILES string of the molecule is [C-]#[N+]c1ccc2[nH]cc(I)c2n1. The lowest BCUT2D eigenvalue weighted by Crippen LogP contribution is -1.74. The van der Waals surface area contributed by atoms with Crippen molar-refractivity contribution in [3.05, 3.63) is 33.3 Å². The van der Waals surface area contributed by atoms with Gasteiger partial charge in [0.2, 0.25) is 0 Å². The molecule has 0 radical (unpaired) electrons. The molecule has 0 saturated carbocycles. The summed E-state index contributed by atoms with van der Waals surface area (Å²) in [5, 5.41) is 0. The minimum atomic E-state index is 0.444. The second kappa shape index (κ2) is 2.75. The van der Waals surface area contributed by atoms with Crippen LogP contribution in [0.1, 0.15) is 0 Å². The van der Waals surface area contributed by atoms with E-state index in [9.17, 15) is 0 Å². The van der Waals surface area contributed by atoms with E-state index in [1.165, 1.54) is 0 Å². The van der Waals surface area contributed by atoms with Gasteiger partial charge in [-0.15, -0.1) is 4.98 Å². The summed E-state index contributed by atoms with van der Waals surface area (Å²) in [7, 11) is 0. The highest BCUT2D eigenvalue weighted by molar-refractivity contribution is 14.1. The lowest BCUT2D eigenvalue weighted by molar-refractivity contribution is 1.43. The Balaban J connectivity index is 2.82. The molecule has 2 rings (SSSR count). The molecule has 0 fully saturated rings. The molecule has 4 heteroatoms. The van der Waals surface area contributed by atoms with Crippen molar-refractivity contribution >= 4 is 39.4 Å². The third-order valence-electron chi connectivity index (χ3n) is 1.58. The van der Waals surface area contributed by atoms with Crippen LogP contribution in [0.2, 0.25) is 0 Å². The van der Waals surface area contributed by atoms with Crippen molar-refractivity contribution < 1.29 is 0 Å². The highest BCUT2D eigenvalue weighted by Gasteiger charge is 2.05. The van der Waals surface area contributed by atoms with Gasteiger partial charge in [0.15, 0.2) is 5.52 Å². The Morgan fingerprint density at radius 1 is 1.50 bits per heavy atom. The lowest BCUT2D eigenvalue weighted by atomic mass is 10.4. The van der Waals surface area contributed by atoms with Crippen LogP contribution in [0.3, 0.4) is 0 Å². The first-order chi connectivity index (χ1) is 5.81. The second-order valence-corrected chi connectivity index (χ2v) is 3.48. The standard InChI is InChI=1S/C8H4IN3/c1-10-7-3-2-6-8(12-7)5(9)4-11-6/h2-4,11H. The molecule has 0 bridgehead atoms. The molecular weight excluding hydrogens is 265 g/mol. The predicted octanol–water partition coefficient (Wildman–Crippen LogP) is 2.72. The van der Waals surface area contributed by atoms with Crippen molar-refractivity contribution in [1.29, 1.82) is 0 Å². The van der Waals surface area contributed by atoms with Gasteiger partial charge < -0.3 is 9.83 Å². The van der Waals surface area contributed by atoms with E-state index in [0.29, 0.717) is 5.82 Å². The molecule has 0 atom stereocenters. The van der Waals surface area contributed by atoms with Gasteiger partial charge in [-0.05, 0) is 34.7 Å². The van der Waals surface area contributed by atoms with Gasteiger partial charge in [0.05, 0.1) is 9.09 Å². The number of fused-ring (bicyclic) bond motifs is 1. The Morgan fingerprint density at radius 2 is 2.33 bits per heavy atom. The number of halogens is 1. The zero-order valence-electron chi connectivity index (χ0n) is 6.00. The number of nitrogens with zero attached hydrogens (tertiary/aromatic N) is 2. The third-order valence-corrected chi connectivity index (χ3v) is 2.40. The molecule has 2 heterocycles. The predicted molar refractivity (Wildman–Crippen MR) is 55.1 cm³/mol.